The molecule has 4 heteroatoms. The lowest BCUT2D eigenvalue weighted by Gasteiger charge is -1.92. The van der Waals surface area contributed by atoms with Gasteiger partial charge in [0.25, 0.3) is 0 Å². The van der Waals surface area contributed by atoms with E-state index < -0.39 is 11.8 Å². The van der Waals surface area contributed by atoms with Gasteiger partial charge in [-0.25, -0.2) is 0 Å². The van der Waals surface area contributed by atoms with Gasteiger partial charge in [-0.3, -0.25) is 20.2 Å². The molecule has 2 N–H and O–H groups in total. The predicted octanol–water partition coefficient (Wildman–Crippen LogP) is -1.60. The molecule has 50 valence electrons. The van der Waals surface area contributed by atoms with Crippen molar-refractivity contribution in [1.29, 1.82) is 0 Å². The first kappa shape index (κ1) is 8.06. The highest BCUT2D eigenvalue weighted by Crippen LogP contribution is 1.62. The largest absolute Gasteiger partial charge is 0.321 e. The van der Waals surface area contributed by atoms with Gasteiger partial charge in [-0.05, 0) is 0 Å². The Balaban J connectivity index is 3.89. The summed E-state index contributed by atoms with van der Waals surface area (Å²) in [6, 6.07) is 3.56. The van der Waals surface area contributed by atoms with E-state index in [-0.39, 0.29) is 0 Å². The molecule has 0 aromatic rings. The van der Waals surface area contributed by atoms with Gasteiger partial charge >= 0.3 is 11.8 Å². The first-order valence-corrected chi connectivity index (χ1v) is 2.24. The van der Waals surface area contributed by atoms with E-state index >= 15 is 0 Å². The number of rotatable bonds is 0. The zero-order chi connectivity index (χ0) is 7.98. The summed E-state index contributed by atoms with van der Waals surface area (Å²) in [7, 11) is 0. The lowest BCUT2D eigenvalue weighted by Crippen LogP contribution is -2.35. The minimum atomic E-state index is -0.944. The van der Waals surface area contributed by atoms with E-state index in [0.717, 1.165) is 0 Å². The molecule has 0 aromatic heterocycles. The van der Waals surface area contributed by atoms with Crippen LogP contribution in [0.4, 0.5) is 0 Å². The molecular formula is C6H4N2O2. The Morgan fingerprint density at radius 2 is 1.30 bits per heavy atom. The van der Waals surface area contributed by atoms with Crippen molar-refractivity contribution >= 4 is 11.8 Å². The van der Waals surface area contributed by atoms with E-state index in [1.807, 2.05) is 10.6 Å². The van der Waals surface area contributed by atoms with Crippen LogP contribution in [0.5, 0.6) is 0 Å². The van der Waals surface area contributed by atoms with Crippen LogP contribution < -0.4 is 10.6 Å². The molecule has 0 fully saturated rings. The third-order valence-electron chi connectivity index (χ3n) is 0.578. The van der Waals surface area contributed by atoms with Gasteiger partial charge in [-0.2, -0.15) is 0 Å². The summed E-state index contributed by atoms with van der Waals surface area (Å²) in [6.07, 6.45) is 9.30. The molecule has 0 aliphatic rings. The minimum absolute atomic E-state index is 0.944. The second kappa shape index (κ2) is 3.99. The van der Waals surface area contributed by atoms with Crippen molar-refractivity contribution in [3.8, 4) is 24.9 Å². The van der Waals surface area contributed by atoms with Gasteiger partial charge in [0.15, 0.2) is 0 Å². The topological polar surface area (TPSA) is 58.2 Å². The van der Waals surface area contributed by atoms with Gasteiger partial charge in [-0.15, -0.1) is 0 Å². The van der Waals surface area contributed by atoms with Crippen LogP contribution in [0.1, 0.15) is 0 Å². The van der Waals surface area contributed by atoms with E-state index in [0.29, 0.717) is 0 Å². The summed E-state index contributed by atoms with van der Waals surface area (Å²) in [5, 5.41) is 3.62. The standard InChI is InChI=1S/C6H4N2O2/c1-3-7-5(9)6(10)8-4-2/h1-2H,(H,7,9)(H,8,10). The molecule has 0 bridgehead atoms. The van der Waals surface area contributed by atoms with Gasteiger partial charge in [0.2, 0.25) is 0 Å². The molecule has 0 aromatic carbocycles. The van der Waals surface area contributed by atoms with Crippen molar-refractivity contribution in [2.24, 2.45) is 0 Å². The summed E-state index contributed by atoms with van der Waals surface area (Å²) in [5.74, 6) is -1.89. The first-order chi connectivity index (χ1) is 4.72. The highest BCUT2D eigenvalue weighted by molar-refractivity contribution is 6.35. The Morgan fingerprint density at radius 1 is 1.00 bits per heavy atom. The lowest BCUT2D eigenvalue weighted by atomic mass is 10.5. The van der Waals surface area contributed by atoms with Gasteiger partial charge in [0.1, 0.15) is 0 Å². The maximum absolute atomic E-state index is 10.4. The normalized spacial score (nSPS) is 6.60. The van der Waals surface area contributed by atoms with Crippen LogP contribution in [-0.2, 0) is 9.59 Å². The van der Waals surface area contributed by atoms with E-state index in [1.165, 1.54) is 0 Å². The molecule has 10 heavy (non-hydrogen) atoms. The Labute approximate surface area is 58.0 Å². The molecular weight excluding hydrogens is 132 g/mol. The molecule has 0 heterocycles. The van der Waals surface area contributed by atoms with Crippen molar-refractivity contribution in [2.45, 2.75) is 0 Å². The number of carbonyl (C=O) groups excluding carboxylic acids is 2. The molecule has 0 aliphatic heterocycles. The monoisotopic (exact) mass is 136 g/mol. The number of terminal acetylenes is 2. The Kier molecular flexibility index (Phi) is 3.22. The van der Waals surface area contributed by atoms with E-state index in [9.17, 15) is 9.59 Å². The summed E-state index contributed by atoms with van der Waals surface area (Å²) in [4.78, 5) is 20.7. The average Bonchev–Trinajstić information content (AvgIpc) is 1.89. The minimum Gasteiger partial charge on any atom is -0.277 e. The van der Waals surface area contributed by atoms with Crippen LogP contribution in [0.15, 0.2) is 0 Å². The highest BCUT2D eigenvalue weighted by Gasteiger charge is 2.08. The lowest BCUT2D eigenvalue weighted by molar-refractivity contribution is -0.137. The van der Waals surface area contributed by atoms with Crippen LogP contribution in [0.25, 0.3) is 0 Å². The second-order valence-electron chi connectivity index (χ2n) is 1.20. The van der Waals surface area contributed by atoms with Crippen molar-refractivity contribution in [2.75, 3.05) is 0 Å². The van der Waals surface area contributed by atoms with Crippen LogP contribution in [0.3, 0.4) is 0 Å². The van der Waals surface area contributed by atoms with E-state index in [4.69, 9.17) is 0 Å². The maximum Gasteiger partial charge on any atom is 0.321 e. The molecule has 0 radical (unpaired) electrons. The zero-order valence-corrected chi connectivity index (χ0v) is 4.97. The Hall–Kier alpha value is -1.94. The van der Waals surface area contributed by atoms with Crippen molar-refractivity contribution in [3.05, 3.63) is 0 Å². The summed E-state index contributed by atoms with van der Waals surface area (Å²) >= 11 is 0. The molecule has 0 spiro atoms. The average molecular weight is 136 g/mol. The fraction of sp³-hybridized carbons (Fsp3) is 0. The van der Waals surface area contributed by atoms with Crippen molar-refractivity contribution in [1.82, 2.24) is 10.6 Å². The third-order valence-corrected chi connectivity index (χ3v) is 0.578. The zero-order valence-electron chi connectivity index (χ0n) is 4.97. The molecule has 0 saturated carbocycles. The third kappa shape index (κ3) is 2.39. The maximum atomic E-state index is 10.4. The van der Waals surface area contributed by atoms with Crippen molar-refractivity contribution in [3.63, 3.8) is 0 Å². The molecule has 0 saturated heterocycles. The Morgan fingerprint density at radius 3 is 1.50 bits per heavy atom. The first-order valence-electron chi connectivity index (χ1n) is 2.24. The smallest absolute Gasteiger partial charge is 0.277 e. The van der Waals surface area contributed by atoms with Gasteiger partial charge in [0.05, 0.1) is 0 Å². The summed E-state index contributed by atoms with van der Waals surface area (Å²) in [6.45, 7) is 0. The highest BCUT2D eigenvalue weighted by atomic mass is 16.2. The van der Waals surface area contributed by atoms with Crippen LogP contribution in [0, 0.1) is 24.9 Å². The fourth-order valence-corrected chi connectivity index (χ4v) is 0.245. The fourth-order valence-electron chi connectivity index (χ4n) is 0.245. The number of carbonyl (C=O) groups is 2. The SMILES string of the molecule is C#CNC(=O)C(=O)NC#C. The van der Waals surface area contributed by atoms with Crippen LogP contribution >= 0.6 is 0 Å². The summed E-state index contributed by atoms with van der Waals surface area (Å²) in [5.41, 5.74) is 0. The molecule has 0 unspecified atom stereocenters. The summed E-state index contributed by atoms with van der Waals surface area (Å²) < 4.78 is 0. The molecule has 2 amide bonds. The predicted molar refractivity (Wildman–Crippen MR) is 34.0 cm³/mol. The number of hydrogen-bond acceptors (Lipinski definition) is 2. The van der Waals surface area contributed by atoms with Gasteiger partial charge < -0.3 is 0 Å². The van der Waals surface area contributed by atoms with Gasteiger partial charge in [0, 0.05) is 12.1 Å². The molecule has 0 atom stereocenters. The second-order valence-corrected chi connectivity index (χ2v) is 1.20. The molecule has 0 aliphatic carbocycles. The van der Waals surface area contributed by atoms with Crippen LogP contribution in [0.2, 0.25) is 0 Å². The quantitative estimate of drug-likeness (QED) is 0.239. The van der Waals surface area contributed by atoms with E-state index in [2.05, 4.69) is 12.8 Å². The number of nitrogens with one attached hydrogen (secondary N) is 2. The van der Waals surface area contributed by atoms with Crippen molar-refractivity contribution < 1.29 is 9.59 Å². The van der Waals surface area contributed by atoms with Gasteiger partial charge in [-0.1, -0.05) is 12.8 Å². The molecule has 4 nitrogen and oxygen atoms in total. The van der Waals surface area contributed by atoms with Crippen LogP contribution in [-0.4, -0.2) is 11.8 Å². The number of amides is 2. The van der Waals surface area contributed by atoms with E-state index in [1.54, 1.807) is 12.1 Å². The molecule has 0 rings (SSSR count). The number of hydrogen-bond donors (Lipinski definition) is 2. The Bertz CT molecular complexity index is 205.